The molecule has 0 aliphatic heterocycles. The molecule has 0 amide bonds. The molecule has 3 nitrogen and oxygen atoms in total. The average Bonchev–Trinajstić information content (AvgIpc) is 3.02. The van der Waals surface area contributed by atoms with Crippen molar-refractivity contribution in [2.24, 2.45) is 5.92 Å². The van der Waals surface area contributed by atoms with E-state index in [0.29, 0.717) is 11.5 Å². The van der Waals surface area contributed by atoms with Gasteiger partial charge >= 0.3 is 0 Å². The van der Waals surface area contributed by atoms with Gasteiger partial charge in [0.25, 0.3) is 0 Å². The van der Waals surface area contributed by atoms with Crippen LogP contribution in [0, 0.1) is 17.2 Å². The minimum Gasteiger partial charge on any atom is -0.242 e. The Bertz CT molecular complexity index is 492. The van der Waals surface area contributed by atoms with Gasteiger partial charge in [0.15, 0.2) is 0 Å². The highest BCUT2D eigenvalue weighted by Crippen LogP contribution is 2.43. The van der Waals surface area contributed by atoms with E-state index in [2.05, 4.69) is 10.8 Å². The van der Waals surface area contributed by atoms with Crippen molar-refractivity contribution in [2.45, 2.75) is 44.4 Å². The van der Waals surface area contributed by atoms with Crippen molar-refractivity contribution in [3.05, 3.63) is 21.9 Å². The Morgan fingerprint density at radius 1 is 1.56 bits per heavy atom. The van der Waals surface area contributed by atoms with Gasteiger partial charge in [-0.25, -0.2) is 8.93 Å². The molecule has 18 heavy (non-hydrogen) atoms. The summed E-state index contributed by atoms with van der Waals surface area (Å²) in [6, 6.07) is 4.21. The molecule has 2 atom stereocenters. The number of nitrogens with one attached hydrogen (secondary N) is 1. The van der Waals surface area contributed by atoms with E-state index in [1.165, 1.54) is 12.8 Å². The van der Waals surface area contributed by atoms with Crippen molar-refractivity contribution in [2.75, 3.05) is 0 Å². The van der Waals surface area contributed by atoms with E-state index in [1.807, 2.05) is 32.2 Å². The van der Waals surface area contributed by atoms with Crippen LogP contribution in [0.25, 0.3) is 0 Å². The molecule has 0 saturated heterocycles. The number of thiophene rings is 1. The lowest BCUT2D eigenvalue weighted by Crippen LogP contribution is -2.36. The van der Waals surface area contributed by atoms with Crippen LogP contribution in [0.4, 0.5) is 0 Å². The SMILES string of the molecule is CC(C)(C)[S@](=O)N[C@H](c1cc(C#N)cs1)C1CC1. The molecule has 0 radical (unpaired) electrons. The Hall–Kier alpha value is -0.700. The van der Waals surface area contributed by atoms with Crippen molar-refractivity contribution in [1.82, 2.24) is 4.72 Å². The lowest BCUT2D eigenvalue weighted by atomic mass is 10.1. The van der Waals surface area contributed by atoms with E-state index in [-0.39, 0.29) is 10.8 Å². The predicted octanol–water partition coefficient (Wildman–Crippen LogP) is 3.12. The summed E-state index contributed by atoms with van der Waals surface area (Å²) >= 11 is 1.58. The van der Waals surface area contributed by atoms with Crippen LogP contribution in [-0.4, -0.2) is 8.96 Å². The zero-order valence-electron chi connectivity index (χ0n) is 10.9. The third kappa shape index (κ3) is 3.19. The highest BCUT2D eigenvalue weighted by atomic mass is 32.2. The minimum atomic E-state index is -1.07. The fraction of sp³-hybridized carbons (Fsp3) is 0.615. The number of nitriles is 1. The molecular weight excluding hydrogens is 264 g/mol. The zero-order valence-corrected chi connectivity index (χ0v) is 12.5. The molecule has 98 valence electrons. The normalized spacial score (nSPS) is 19.2. The lowest BCUT2D eigenvalue weighted by molar-refractivity contribution is 0.563. The summed E-state index contributed by atoms with van der Waals surface area (Å²) in [6.45, 7) is 5.90. The first-order valence-electron chi connectivity index (χ1n) is 6.08. The first-order valence-corrected chi connectivity index (χ1v) is 8.11. The topological polar surface area (TPSA) is 52.9 Å². The van der Waals surface area contributed by atoms with Crippen LogP contribution < -0.4 is 4.72 Å². The smallest absolute Gasteiger partial charge is 0.100 e. The van der Waals surface area contributed by atoms with Gasteiger partial charge in [-0.15, -0.1) is 11.3 Å². The number of rotatable bonds is 4. The van der Waals surface area contributed by atoms with Crippen LogP contribution in [0.5, 0.6) is 0 Å². The lowest BCUT2D eigenvalue weighted by Gasteiger charge is -2.23. The highest BCUT2D eigenvalue weighted by molar-refractivity contribution is 7.84. The molecule has 1 N–H and O–H groups in total. The number of hydrogen-bond donors (Lipinski definition) is 1. The van der Waals surface area contributed by atoms with Gasteiger partial charge in [-0.2, -0.15) is 5.26 Å². The summed E-state index contributed by atoms with van der Waals surface area (Å²) in [5, 5.41) is 10.7. The highest BCUT2D eigenvalue weighted by Gasteiger charge is 2.36. The van der Waals surface area contributed by atoms with Crippen molar-refractivity contribution in [3.63, 3.8) is 0 Å². The summed E-state index contributed by atoms with van der Waals surface area (Å²) in [4.78, 5) is 1.13. The maximum atomic E-state index is 12.2. The molecule has 0 aromatic carbocycles. The molecule has 1 aliphatic carbocycles. The van der Waals surface area contributed by atoms with E-state index in [4.69, 9.17) is 5.26 Å². The molecule has 0 spiro atoms. The standard InChI is InChI=1S/C13H18N2OS2/c1-13(2,3)18(16)15-12(10-4-5-10)11-6-9(7-14)8-17-11/h6,8,10,12,15H,4-5H2,1-3H3/t12-,18-/m0/s1. The number of nitrogens with zero attached hydrogens (tertiary/aromatic N) is 1. The second-order valence-corrected chi connectivity index (χ2v) is 8.60. The molecule has 0 bridgehead atoms. The third-order valence-electron chi connectivity index (χ3n) is 2.94. The van der Waals surface area contributed by atoms with E-state index >= 15 is 0 Å². The molecule has 0 unspecified atom stereocenters. The van der Waals surface area contributed by atoms with Gasteiger partial charge in [-0.05, 0) is 45.6 Å². The average molecular weight is 282 g/mol. The van der Waals surface area contributed by atoms with Crippen LogP contribution in [0.3, 0.4) is 0 Å². The number of hydrogen-bond acceptors (Lipinski definition) is 3. The summed E-state index contributed by atoms with van der Waals surface area (Å²) < 4.78 is 15.2. The van der Waals surface area contributed by atoms with Crippen LogP contribution in [0.1, 0.15) is 50.1 Å². The van der Waals surface area contributed by atoms with Gasteiger partial charge in [0.2, 0.25) is 0 Å². The van der Waals surface area contributed by atoms with Crippen LogP contribution >= 0.6 is 11.3 Å². The molecule has 1 fully saturated rings. The maximum Gasteiger partial charge on any atom is 0.100 e. The second kappa shape index (κ2) is 5.12. The molecule has 1 aromatic heterocycles. The Kier molecular flexibility index (Phi) is 3.90. The maximum absolute atomic E-state index is 12.2. The van der Waals surface area contributed by atoms with Crippen molar-refractivity contribution >= 4 is 22.3 Å². The van der Waals surface area contributed by atoms with Gasteiger partial charge in [0.1, 0.15) is 6.07 Å². The van der Waals surface area contributed by atoms with E-state index in [1.54, 1.807) is 11.3 Å². The Morgan fingerprint density at radius 3 is 2.67 bits per heavy atom. The summed E-state index contributed by atoms with van der Waals surface area (Å²) in [5.41, 5.74) is 0.698. The summed E-state index contributed by atoms with van der Waals surface area (Å²) in [6.07, 6.45) is 2.36. The third-order valence-corrected chi connectivity index (χ3v) is 5.54. The summed E-state index contributed by atoms with van der Waals surface area (Å²) in [7, 11) is -1.07. The van der Waals surface area contributed by atoms with Crippen molar-refractivity contribution < 1.29 is 4.21 Å². The molecule has 5 heteroatoms. The van der Waals surface area contributed by atoms with E-state index < -0.39 is 11.0 Å². The monoisotopic (exact) mass is 282 g/mol. The minimum absolute atomic E-state index is 0.136. The van der Waals surface area contributed by atoms with Crippen LogP contribution in [0.2, 0.25) is 0 Å². The van der Waals surface area contributed by atoms with Crippen molar-refractivity contribution in [1.29, 1.82) is 5.26 Å². The van der Waals surface area contributed by atoms with E-state index in [9.17, 15) is 4.21 Å². The molecule has 1 saturated carbocycles. The van der Waals surface area contributed by atoms with Crippen molar-refractivity contribution in [3.8, 4) is 6.07 Å². The van der Waals surface area contributed by atoms with Gasteiger partial charge in [-0.1, -0.05) is 0 Å². The Labute approximate surface area is 115 Å². The molecule has 2 rings (SSSR count). The fourth-order valence-electron chi connectivity index (χ4n) is 1.68. The van der Waals surface area contributed by atoms with E-state index in [0.717, 1.165) is 4.88 Å². The molecule has 1 aliphatic rings. The fourth-order valence-corrected chi connectivity index (χ4v) is 3.64. The largest absolute Gasteiger partial charge is 0.242 e. The quantitative estimate of drug-likeness (QED) is 0.922. The second-order valence-electron chi connectivity index (χ2n) is 5.66. The first-order chi connectivity index (χ1) is 8.41. The van der Waals surface area contributed by atoms with Gasteiger partial charge in [0.05, 0.1) is 27.3 Å². The van der Waals surface area contributed by atoms with Gasteiger partial charge in [-0.3, -0.25) is 0 Å². The molecular formula is C13H18N2OS2. The van der Waals surface area contributed by atoms with Gasteiger partial charge in [0, 0.05) is 10.3 Å². The van der Waals surface area contributed by atoms with Crippen LogP contribution in [0.15, 0.2) is 11.4 Å². The molecule has 1 heterocycles. The van der Waals surface area contributed by atoms with Gasteiger partial charge < -0.3 is 0 Å². The predicted molar refractivity (Wildman–Crippen MR) is 75.5 cm³/mol. The zero-order chi connectivity index (χ0) is 13.3. The summed E-state index contributed by atoms with van der Waals surface area (Å²) in [5.74, 6) is 0.571. The Morgan fingerprint density at radius 2 is 2.22 bits per heavy atom. The first kappa shape index (κ1) is 13.7. The molecule has 1 aromatic rings. The van der Waals surface area contributed by atoms with Crippen LogP contribution in [-0.2, 0) is 11.0 Å². The Balaban J connectivity index is 2.14.